The first-order chi connectivity index (χ1) is 13.1. The second-order valence-electron chi connectivity index (χ2n) is 6.68. The van der Waals surface area contributed by atoms with Gasteiger partial charge in [-0.25, -0.2) is 0 Å². The van der Waals surface area contributed by atoms with E-state index in [4.69, 9.17) is 0 Å². The first-order valence-electron chi connectivity index (χ1n) is 9.19. The van der Waals surface area contributed by atoms with Crippen molar-refractivity contribution in [1.29, 1.82) is 0 Å². The highest BCUT2D eigenvalue weighted by molar-refractivity contribution is 9.10. The highest BCUT2D eigenvalue weighted by Gasteiger charge is 2.24. The van der Waals surface area contributed by atoms with E-state index in [1.807, 2.05) is 54.3 Å². The van der Waals surface area contributed by atoms with Gasteiger partial charge in [0.25, 0.3) is 11.8 Å². The molecular weight excluding hydrogens is 404 g/mol. The number of hydrogen-bond donors (Lipinski definition) is 1. The van der Waals surface area contributed by atoms with Gasteiger partial charge in [0.1, 0.15) is 5.70 Å². The number of halogens is 1. The number of nitrogens with one attached hydrogen (secondary N) is 1. The van der Waals surface area contributed by atoms with Crippen molar-refractivity contribution >= 4 is 33.3 Å². The van der Waals surface area contributed by atoms with E-state index in [1.54, 1.807) is 12.1 Å². The summed E-state index contributed by atoms with van der Waals surface area (Å²) in [6.07, 6.45) is 3.15. The number of nitrogens with zero attached hydrogens (tertiary/aromatic N) is 1. The topological polar surface area (TPSA) is 49.4 Å². The third-order valence-corrected chi connectivity index (χ3v) is 5.31. The van der Waals surface area contributed by atoms with Gasteiger partial charge in [-0.3, -0.25) is 9.59 Å². The first kappa shape index (κ1) is 19.4. The molecule has 5 heteroatoms. The molecule has 1 saturated heterocycles. The Morgan fingerprint density at radius 3 is 2.15 bits per heavy atom. The number of allylic oxidation sites excluding steroid dienone is 1. The average molecular weight is 427 g/mol. The monoisotopic (exact) mass is 426 g/mol. The van der Waals surface area contributed by atoms with Crippen LogP contribution in [0.1, 0.15) is 42.1 Å². The normalized spacial score (nSPS) is 15.1. The third-order valence-electron chi connectivity index (χ3n) is 4.78. The number of likely N-dealkylation sites (tertiary alicyclic amines) is 1. The summed E-state index contributed by atoms with van der Waals surface area (Å²) in [6.45, 7) is 3.35. The number of hydrogen-bond acceptors (Lipinski definition) is 2. The zero-order valence-corrected chi connectivity index (χ0v) is 17.0. The lowest BCUT2D eigenvalue weighted by atomic mass is 10.0. The SMILES string of the molecule is C/C(=C(/NC(=O)c1ccc(Br)cc1)C(=O)N1CCCCC1)c1ccccc1. The smallest absolute Gasteiger partial charge is 0.270 e. The van der Waals surface area contributed by atoms with E-state index in [1.165, 1.54) is 0 Å². The Morgan fingerprint density at radius 1 is 0.889 bits per heavy atom. The first-order valence-corrected chi connectivity index (χ1v) is 9.98. The van der Waals surface area contributed by atoms with E-state index in [0.29, 0.717) is 11.3 Å². The fourth-order valence-corrected chi connectivity index (χ4v) is 3.45. The molecule has 140 valence electrons. The fraction of sp³-hybridized carbons (Fsp3) is 0.273. The van der Waals surface area contributed by atoms with Crippen molar-refractivity contribution in [1.82, 2.24) is 10.2 Å². The van der Waals surface area contributed by atoms with Crippen LogP contribution in [0.3, 0.4) is 0 Å². The Hall–Kier alpha value is -2.40. The maximum absolute atomic E-state index is 13.2. The maximum atomic E-state index is 13.2. The van der Waals surface area contributed by atoms with E-state index in [-0.39, 0.29) is 11.8 Å². The van der Waals surface area contributed by atoms with Gasteiger partial charge < -0.3 is 10.2 Å². The van der Waals surface area contributed by atoms with Gasteiger partial charge in [0.2, 0.25) is 0 Å². The molecule has 1 aliphatic rings. The van der Waals surface area contributed by atoms with Crippen LogP contribution in [0, 0.1) is 0 Å². The molecule has 2 aromatic rings. The summed E-state index contributed by atoms with van der Waals surface area (Å²) < 4.78 is 0.902. The molecule has 1 N–H and O–H groups in total. The molecule has 0 spiro atoms. The molecule has 3 rings (SSSR count). The van der Waals surface area contributed by atoms with Crippen LogP contribution in [0.5, 0.6) is 0 Å². The van der Waals surface area contributed by atoms with Crippen molar-refractivity contribution in [3.8, 4) is 0 Å². The molecule has 1 aliphatic heterocycles. The Labute approximate surface area is 168 Å². The lowest BCUT2D eigenvalue weighted by Gasteiger charge is -2.28. The number of amides is 2. The van der Waals surface area contributed by atoms with Crippen LogP contribution >= 0.6 is 15.9 Å². The zero-order chi connectivity index (χ0) is 19.2. The summed E-state index contributed by atoms with van der Waals surface area (Å²) in [5.74, 6) is -0.389. The van der Waals surface area contributed by atoms with Gasteiger partial charge in [0.15, 0.2) is 0 Å². The molecule has 2 amide bonds. The zero-order valence-electron chi connectivity index (χ0n) is 15.4. The average Bonchev–Trinajstić information content (AvgIpc) is 2.72. The number of benzene rings is 2. The third kappa shape index (κ3) is 4.86. The number of carbonyl (C=O) groups excluding carboxylic acids is 2. The molecule has 0 unspecified atom stereocenters. The molecule has 0 radical (unpaired) electrons. The molecule has 0 atom stereocenters. The van der Waals surface area contributed by atoms with E-state index in [2.05, 4.69) is 21.2 Å². The molecule has 27 heavy (non-hydrogen) atoms. The Kier molecular flexibility index (Phi) is 6.45. The fourth-order valence-electron chi connectivity index (χ4n) is 3.18. The van der Waals surface area contributed by atoms with Crippen LogP contribution in [-0.2, 0) is 4.79 Å². The van der Waals surface area contributed by atoms with Crippen molar-refractivity contribution in [3.63, 3.8) is 0 Å². The summed E-state index contributed by atoms with van der Waals surface area (Å²) in [5, 5.41) is 2.88. The van der Waals surface area contributed by atoms with Crippen molar-refractivity contribution in [3.05, 3.63) is 75.9 Å². The molecule has 0 aromatic heterocycles. The molecule has 0 aliphatic carbocycles. The Balaban J connectivity index is 1.93. The quantitative estimate of drug-likeness (QED) is 0.724. The van der Waals surface area contributed by atoms with Crippen molar-refractivity contribution < 1.29 is 9.59 Å². The lowest BCUT2D eigenvalue weighted by molar-refractivity contribution is -0.128. The van der Waals surface area contributed by atoms with Crippen LogP contribution in [0.15, 0.2) is 64.8 Å². The number of carbonyl (C=O) groups is 2. The van der Waals surface area contributed by atoms with Crippen molar-refractivity contribution in [2.45, 2.75) is 26.2 Å². The molecule has 1 heterocycles. The van der Waals surface area contributed by atoms with E-state index in [0.717, 1.165) is 48.0 Å². The Bertz CT molecular complexity index is 838. The highest BCUT2D eigenvalue weighted by atomic mass is 79.9. The van der Waals surface area contributed by atoms with Gasteiger partial charge in [0, 0.05) is 23.1 Å². The highest BCUT2D eigenvalue weighted by Crippen LogP contribution is 2.21. The summed E-state index contributed by atoms with van der Waals surface area (Å²) in [5.41, 5.74) is 2.57. The summed E-state index contributed by atoms with van der Waals surface area (Å²) in [4.78, 5) is 27.8. The largest absolute Gasteiger partial charge is 0.337 e. The van der Waals surface area contributed by atoms with Crippen LogP contribution in [0.4, 0.5) is 0 Å². The summed E-state index contributed by atoms with van der Waals surface area (Å²) in [7, 11) is 0. The van der Waals surface area contributed by atoms with Crippen LogP contribution < -0.4 is 5.32 Å². The van der Waals surface area contributed by atoms with Gasteiger partial charge >= 0.3 is 0 Å². The standard InChI is InChI=1S/C22H23BrN2O2/c1-16(17-8-4-2-5-9-17)20(22(27)25-14-6-3-7-15-25)24-21(26)18-10-12-19(23)13-11-18/h2,4-5,8-13H,3,6-7,14-15H2,1H3,(H,24,26)/b20-16-. The second-order valence-corrected chi connectivity index (χ2v) is 7.60. The molecule has 4 nitrogen and oxygen atoms in total. The number of rotatable bonds is 4. The number of piperidine rings is 1. The molecular formula is C22H23BrN2O2. The Morgan fingerprint density at radius 2 is 1.52 bits per heavy atom. The van der Waals surface area contributed by atoms with Gasteiger partial charge in [0.05, 0.1) is 0 Å². The minimum Gasteiger partial charge on any atom is -0.337 e. The van der Waals surface area contributed by atoms with Crippen molar-refractivity contribution in [2.75, 3.05) is 13.1 Å². The van der Waals surface area contributed by atoms with Gasteiger partial charge in [-0.1, -0.05) is 46.3 Å². The summed E-state index contributed by atoms with van der Waals surface area (Å²) in [6, 6.07) is 16.8. The van der Waals surface area contributed by atoms with Crippen LogP contribution in [-0.4, -0.2) is 29.8 Å². The van der Waals surface area contributed by atoms with Gasteiger partial charge in [-0.15, -0.1) is 0 Å². The molecule has 0 saturated carbocycles. The van der Waals surface area contributed by atoms with Gasteiger partial charge in [-0.05, 0) is 61.6 Å². The maximum Gasteiger partial charge on any atom is 0.270 e. The minimum atomic E-state index is -0.279. The molecule has 2 aromatic carbocycles. The van der Waals surface area contributed by atoms with Crippen molar-refractivity contribution in [2.24, 2.45) is 0 Å². The predicted molar refractivity (Wildman–Crippen MR) is 111 cm³/mol. The van der Waals surface area contributed by atoms with Gasteiger partial charge in [-0.2, -0.15) is 0 Å². The predicted octanol–water partition coefficient (Wildman–Crippen LogP) is 4.62. The van der Waals surface area contributed by atoms with Crippen LogP contribution in [0.2, 0.25) is 0 Å². The van der Waals surface area contributed by atoms with E-state index >= 15 is 0 Å². The van der Waals surface area contributed by atoms with E-state index in [9.17, 15) is 9.59 Å². The molecule has 0 bridgehead atoms. The lowest BCUT2D eigenvalue weighted by Crippen LogP contribution is -2.41. The summed E-state index contributed by atoms with van der Waals surface area (Å²) >= 11 is 3.37. The second kappa shape index (κ2) is 9.00. The van der Waals surface area contributed by atoms with Crippen LogP contribution in [0.25, 0.3) is 5.57 Å². The van der Waals surface area contributed by atoms with E-state index < -0.39 is 0 Å². The minimum absolute atomic E-state index is 0.110. The molecule has 1 fully saturated rings.